The Balaban J connectivity index is 1.52. The van der Waals surface area contributed by atoms with Crippen LogP contribution < -0.4 is 5.56 Å². The van der Waals surface area contributed by atoms with Crippen LogP contribution in [0.15, 0.2) is 10.9 Å². The molecule has 0 aromatic carbocycles. The Labute approximate surface area is 138 Å². The fourth-order valence-electron chi connectivity index (χ4n) is 3.03. The summed E-state index contributed by atoms with van der Waals surface area (Å²) in [7, 11) is 0. The summed E-state index contributed by atoms with van der Waals surface area (Å²) in [6.07, 6.45) is 7.74. The molecule has 3 rings (SSSR count). The van der Waals surface area contributed by atoms with Crippen molar-refractivity contribution in [3.05, 3.63) is 27.1 Å². The number of ether oxygens (including phenoxy) is 1. The van der Waals surface area contributed by atoms with Crippen molar-refractivity contribution >= 4 is 22.3 Å². The molecule has 0 radical (unpaired) electrons. The van der Waals surface area contributed by atoms with E-state index >= 15 is 0 Å². The molecule has 1 saturated carbocycles. The first-order chi connectivity index (χ1) is 11.1. The number of aromatic nitrogens is 3. The van der Waals surface area contributed by atoms with Crippen molar-refractivity contribution in [1.82, 2.24) is 14.6 Å². The summed E-state index contributed by atoms with van der Waals surface area (Å²) >= 11 is 1.28. The average molecular weight is 335 g/mol. The van der Waals surface area contributed by atoms with Crippen LogP contribution in [0.3, 0.4) is 0 Å². The van der Waals surface area contributed by atoms with E-state index in [0.29, 0.717) is 28.0 Å². The van der Waals surface area contributed by atoms with E-state index in [-0.39, 0.29) is 18.1 Å². The van der Waals surface area contributed by atoms with Crippen LogP contribution >= 0.6 is 11.3 Å². The highest BCUT2D eigenvalue weighted by molar-refractivity contribution is 7.16. The largest absolute Gasteiger partial charge is 0.458 e. The normalized spacial score (nSPS) is 15.9. The second-order valence-electron chi connectivity index (χ2n) is 6.13. The molecule has 2 aromatic heterocycles. The van der Waals surface area contributed by atoms with Gasteiger partial charge in [0.05, 0.1) is 0 Å². The Morgan fingerprint density at radius 3 is 2.96 bits per heavy atom. The van der Waals surface area contributed by atoms with Gasteiger partial charge in [0.15, 0.2) is 5.01 Å². The van der Waals surface area contributed by atoms with Gasteiger partial charge in [-0.3, -0.25) is 9.59 Å². The van der Waals surface area contributed by atoms with Crippen LogP contribution in [0.1, 0.15) is 55.6 Å². The van der Waals surface area contributed by atoms with Gasteiger partial charge in [-0.1, -0.05) is 43.4 Å². The molecule has 0 N–H and O–H groups in total. The Morgan fingerprint density at radius 1 is 1.39 bits per heavy atom. The maximum Gasteiger partial charge on any atom is 0.306 e. The van der Waals surface area contributed by atoms with Crippen LogP contribution in [0.2, 0.25) is 0 Å². The molecule has 0 spiro atoms. The zero-order chi connectivity index (χ0) is 16.2. The van der Waals surface area contributed by atoms with Crippen molar-refractivity contribution in [3.63, 3.8) is 0 Å². The van der Waals surface area contributed by atoms with E-state index in [4.69, 9.17) is 4.74 Å². The molecule has 0 saturated heterocycles. The Kier molecular flexibility index (Phi) is 5.05. The first-order valence-electron chi connectivity index (χ1n) is 8.14. The lowest BCUT2D eigenvalue weighted by molar-refractivity contribution is -0.145. The molecule has 2 heterocycles. The van der Waals surface area contributed by atoms with E-state index in [1.165, 1.54) is 54.0 Å². The summed E-state index contributed by atoms with van der Waals surface area (Å²) in [5.74, 6) is 0.482. The second kappa shape index (κ2) is 7.21. The lowest BCUT2D eigenvalue weighted by Crippen LogP contribution is -2.14. The highest BCUT2D eigenvalue weighted by atomic mass is 32.1. The maximum absolute atomic E-state index is 11.9. The van der Waals surface area contributed by atoms with Gasteiger partial charge in [0, 0.05) is 18.2 Å². The molecule has 0 amide bonds. The summed E-state index contributed by atoms with van der Waals surface area (Å²) in [5.41, 5.74) is 0.452. The van der Waals surface area contributed by atoms with Gasteiger partial charge < -0.3 is 4.74 Å². The third kappa shape index (κ3) is 4.16. The van der Waals surface area contributed by atoms with E-state index in [1.807, 2.05) is 0 Å². The average Bonchev–Trinajstić information content (AvgIpc) is 2.95. The van der Waals surface area contributed by atoms with Crippen molar-refractivity contribution in [1.29, 1.82) is 0 Å². The van der Waals surface area contributed by atoms with Crippen molar-refractivity contribution in [3.8, 4) is 0 Å². The van der Waals surface area contributed by atoms with Crippen LogP contribution in [0.5, 0.6) is 0 Å². The van der Waals surface area contributed by atoms with Gasteiger partial charge in [-0.25, -0.2) is 4.98 Å². The number of fused-ring (bicyclic) bond motifs is 1. The number of carbonyl (C=O) groups excluding carboxylic acids is 1. The molecule has 0 atom stereocenters. The molecule has 23 heavy (non-hydrogen) atoms. The molecule has 0 bridgehead atoms. The monoisotopic (exact) mass is 335 g/mol. The van der Waals surface area contributed by atoms with Crippen molar-refractivity contribution < 1.29 is 9.53 Å². The highest BCUT2D eigenvalue weighted by Gasteiger charge is 2.16. The summed E-state index contributed by atoms with van der Waals surface area (Å²) < 4.78 is 6.54. The number of rotatable bonds is 5. The fourth-order valence-corrected chi connectivity index (χ4v) is 3.89. The highest BCUT2D eigenvalue weighted by Crippen LogP contribution is 2.27. The molecule has 1 aliphatic carbocycles. The van der Waals surface area contributed by atoms with Crippen molar-refractivity contribution in [2.45, 2.75) is 58.5 Å². The lowest BCUT2D eigenvalue weighted by Gasteiger charge is -2.20. The lowest BCUT2D eigenvalue weighted by atomic mass is 9.86. The molecular formula is C16H21N3O3S. The SMILES string of the molecule is Cc1cc(=O)n2nc(COC(=O)CCC3CCCCC3)sc2n1. The summed E-state index contributed by atoms with van der Waals surface area (Å²) in [5, 5.41) is 4.75. The van der Waals surface area contributed by atoms with Gasteiger partial charge in [-0.05, 0) is 19.3 Å². The standard InChI is InChI=1S/C16H21N3O3S/c1-11-9-14(20)19-16(17-11)23-13(18-19)10-22-15(21)8-7-12-5-3-2-4-6-12/h9,12H,2-8,10H2,1H3. The summed E-state index contributed by atoms with van der Waals surface area (Å²) in [6.45, 7) is 1.88. The minimum atomic E-state index is -0.210. The Hall–Kier alpha value is -1.76. The number of aryl methyl sites for hydroxylation is 1. The molecule has 1 aliphatic rings. The fraction of sp³-hybridized carbons (Fsp3) is 0.625. The molecule has 124 valence electrons. The van der Waals surface area contributed by atoms with E-state index in [1.54, 1.807) is 6.92 Å². The van der Waals surface area contributed by atoms with Gasteiger partial charge in [0.1, 0.15) is 6.61 Å². The second-order valence-corrected chi connectivity index (χ2v) is 7.17. The minimum Gasteiger partial charge on any atom is -0.458 e. The van der Waals surface area contributed by atoms with Crippen LogP contribution in [0.25, 0.3) is 4.96 Å². The number of nitrogens with zero attached hydrogens (tertiary/aromatic N) is 3. The summed E-state index contributed by atoms with van der Waals surface area (Å²) in [6, 6.07) is 1.44. The first kappa shape index (κ1) is 16.1. The predicted octanol–water partition coefficient (Wildman–Crippen LogP) is 2.86. The number of esters is 1. The van der Waals surface area contributed by atoms with Crippen molar-refractivity contribution in [2.75, 3.05) is 0 Å². The van der Waals surface area contributed by atoms with Gasteiger partial charge >= 0.3 is 5.97 Å². The van der Waals surface area contributed by atoms with Gasteiger partial charge in [0.2, 0.25) is 4.96 Å². The number of carbonyl (C=O) groups is 1. The molecule has 0 unspecified atom stereocenters. The molecule has 6 nitrogen and oxygen atoms in total. The Bertz CT molecular complexity index is 747. The third-order valence-corrected chi connectivity index (χ3v) is 5.13. The molecule has 7 heteroatoms. The third-order valence-electron chi connectivity index (χ3n) is 4.25. The Morgan fingerprint density at radius 2 is 2.17 bits per heavy atom. The topological polar surface area (TPSA) is 73.6 Å². The maximum atomic E-state index is 11.9. The smallest absolute Gasteiger partial charge is 0.306 e. The zero-order valence-electron chi connectivity index (χ0n) is 13.3. The first-order valence-corrected chi connectivity index (χ1v) is 8.95. The van der Waals surface area contributed by atoms with Crippen LogP contribution in [0.4, 0.5) is 0 Å². The number of hydrogen-bond donors (Lipinski definition) is 0. The van der Waals surface area contributed by atoms with Crippen molar-refractivity contribution in [2.24, 2.45) is 5.92 Å². The summed E-state index contributed by atoms with van der Waals surface area (Å²) in [4.78, 5) is 28.4. The van der Waals surface area contributed by atoms with Gasteiger partial charge in [-0.2, -0.15) is 9.61 Å². The van der Waals surface area contributed by atoms with E-state index in [0.717, 1.165) is 6.42 Å². The predicted molar refractivity (Wildman–Crippen MR) is 87.5 cm³/mol. The quantitative estimate of drug-likeness (QED) is 0.786. The zero-order valence-corrected chi connectivity index (χ0v) is 14.1. The van der Waals surface area contributed by atoms with E-state index in [2.05, 4.69) is 10.1 Å². The van der Waals surface area contributed by atoms with Gasteiger partial charge in [-0.15, -0.1) is 0 Å². The van der Waals surface area contributed by atoms with Crippen LogP contribution in [-0.2, 0) is 16.1 Å². The van der Waals surface area contributed by atoms with Crippen LogP contribution in [-0.4, -0.2) is 20.6 Å². The minimum absolute atomic E-state index is 0.107. The molecule has 0 aliphatic heterocycles. The van der Waals surface area contributed by atoms with Crippen LogP contribution in [0, 0.1) is 12.8 Å². The molecular weight excluding hydrogens is 314 g/mol. The van der Waals surface area contributed by atoms with E-state index in [9.17, 15) is 9.59 Å². The number of hydrogen-bond acceptors (Lipinski definition) is 6. The van der Waals surface area contributed by atoms with Gasteiger partial charge in [0.25, 0.3) is 5.56 Å². The molecule has 1 fully saturated rings. The molecule has 2 aromatic rings. The van der Waals surface area contributed by atoms with E-state index < -0.39 is 0 Å².